The van der Waals surface area contributed by atoms with Gasteiger partial charge < -0.3 is 10.5 Å². The molecule has 0 bridgehead atoms. The van der Waals surface area contributed by atoms with Crippen LogP contribution < -0.4 is 15.2 Å². The molecule has 1 unspecified atom stereocenters. The lowest BCUT2D eigenvalue weighted by Crippen LogP contribution is -2.58. The smallest absolute Gasteiger partial charge is 0.241 e. The summed E-state index contributed by atoms with van der Waals surface area (Å²) < 4.78 is 29.9. The molecule has 3 N–H and O–H groups in total. The maximum Gasteiger partial charge on any atom is 0.241 e. The Labute approximate surface area is 153 Å². The number of primary amides is 1. The molecule has 6 nitrogen and oxygen atoms in total. The number of rotatable bonds is 6. The average molecular weight is 385 g/mol. The molecular formula is C17H21ClN2O4S. The van der Waals surface area contributed by atoms with Crippen molar-refractivity contribution in [1.82, 2.24) is 4.72 Å². The van der Waals surface area contributed by atoms with Crippen molar-refractivity contribution in [3.63, 3.8) is 0 Å². The number of carbonyl (C=O) groups is 1. The zero-order chi connectivity index (χ0) is 18.9. The van der Waals surface area contributed by atoms with Crippen LogP contribution in [0.3, 0.4) is 0 Å². The molecule has 1 atom stereocenters. The second-order valence-electron chi connectivity index (χ2n) is 5.47. The number of nitrogens with one attached hydrogen (secondary N) is 1. The van der Waals surface area contributed by atoms with Crippen molar-refractivity contribution in [2.75, 3.05) is 12.9 Å². The maximum absolute atomic E-state index is 11.4. The highest BCUT2D eigenvalue weighted by molar-refractivity contribution is 7.88. The Morgan fingerprint density at radius 2 is 1.56 bits per heavy atom. The number of ether oxygens (including phenoxy) is 1. The van der Waals surface area contributed by atoms with Gasteiger partial charge >= 0.3 is 0 Å². The van der Waals surface area contributed by atoms with E-state index >= 15 is 0 Å². The third kappa shape index (κ3) is 8.53. The van der Waals surface area contributed by atoms with Gasteiger partial charge in [-0.3, -0.25) is 4.79 Å². The van der Waals surface area contributed by atoms with Crippen LogP contribution in [0.2, 0.25) is 5.02 Å². The monoisotopic (exact) mass is 384 g/mol. The second kappa shape index (κ2) is 9.41. The van der Waals surface area contributed by atoms with Crippen molar-refractivity contribution in [1.29, 1.82) is 0 Å². The minimum atomic E-state index is -3.59. The molecule has 0 aromatic heterocycles. The SMILES string of the molecule is CC(COc1ccc(Cl)cc1)(NS(C)(=O)=O)C(N)=O.c1ccccc1. The van der Waals surface area contributed by atoms with Gasteiger partial charge in [0.1, 0.15) is 17.9 Å². The van der Waals surface area contributed by atoms with E-state index in [1.54, 1.807) is 24.3 Å². The summed E-state index contributed by atoms with van der Waals surface area (Å²) in [5, 5.41) is 0.541. The predicted molar refractivity (Wildman–Crippen MR) is 99.0 cm³/mol. The van der Waals surface area contributed by atoms with E-state index in [0.717, 1.165) is 6.26 Å². The molecule has 0 aliphatic carbocycles. The van der Waals surface area contributed by atoms with Crippen LogP contribution in [0.15, 0.2) is 60.7 Å². The van der Waals surface area contributed by atoms with Crippen molar-refractivity contribution >= 4 is 27.5 Å². The van der Waals surface area contributed by atoms with Crippen molar-refractivity contribution in [3.05, 3.63) is 65.7 Å². The third-order valence-corrected chi connectivity index (χ3v) is 4.04. The highest BCUT2D eigenvalue weighted by atomic mass is 35.5. The molecular weight excluding hydrogens is 364 g/mol. The van der Waals surface area contributed by atoms with Gasteiger partial charge in [-0.15, -0.1) is 0 Å². The summed E-state index contributed by atoms with van der Waals surface area (Å²) in [6.45, 7) is 1.13. The molecule has 8 heteroatoms. The molecule has 0 heterocycles. The molecule has 2 aromatic carbocycles. The van der Waals surface area contributed by atoms with E-state index in [4.69, 9.17) is 22.1 Å². The van der Waals surface area contributed by atoms with Crippen LogP contribution in [-0.4, -0.2) is 32.7 Å². The summed E-state index contributed by atoms with van der Waals surface area (Å²) in [6, 6.07) is 18.4. The van der Waals surface area contributed by atoms with E-state index in [9.17, 15) is 13.2 Å². The highest BCUT2D eigenvalue weighted by Gasteiger charge is 2.35. The Morgan fingerprint density at radius 3 is 1.92 bits per heavy atom. The molecule has 0 aliphatic rings. The largest absolute Gasteiger partial charge is 0.491 e. The van der Waals surface area contributed by atoms with Crippen LogP contribution in [0, 0.1) is 0 Å². The molecule has 1 amide bonds. The summed E-state index contributed by atoms with van der Waals surface area (Å²) in [5.41, 5.74) is 3.68. The first-order valence-corrected chi connectivity index (χ1v) is 9.56. The summed E-state index contributed by atoms with van der Waals surface area (Å²) in [6.07, 6.45) is 0.941. The van der Waals surface area contributed by atoms with Gasteiger partial charge in [-0.1, -0.05) is 48.0 Å². The highest BCUT2D eigenvalue weighted by Crippen LogP contribution is 2.17. The van der Waals surface area contributed by atoms with E-state index in [2.05, 4.69) is 4.72 Å². The summed E-state index contributed by atoms with van der Waals surface area (Å²) in [7, 11) is -3.59. The number of benzene rings is 2. The van der Waals surface area contributed by atoms with Crippen LogP contribution in [0.25, 0.3) is 0 Å². The molecule has 0 saturated carbocycles. The molecule has 0 radical (unpaired) electrons. The number of nitrogens with two attached hydrogens (primary N) is 1. The number of amides is 1. The topological polar surface area (TPSA) is 98.5 Å². The summed E-state index contributed by atoms with van der Waals surface area (Å²) in [4.78, 5) is 11.4. The number of carbonyl (C=O) groups excluding carboxylic acids is 1. The van der Waals surface area contributed by atoms with E-state index in [-0.39, 0.29) is 6.61 Å². The quantitative estimate of drug-likeness (QED) is 0.797. The lowest BCUT2D eigenvalue weighted by molar-refractivity contribution is -0.124. The Kier molecular flexibility index (Phi) is 7.89. The fourth-order valence-corrected chi connectivity index (χ4v) is 2.81. The first-order valence-electron chi connectivity index (χ1n) is 7.30. The zero-order valence-corrected chi connectivity index (χ0v) is 15.5. The van der Waals surface area contributed by atoms with Crippen LogP contribution in [0.1, 0.15) is 6.92 Å². The lowest BCUT2D eigenvalue weighted by atomic mass is 10.1. The normalized spacial score (nSPS) is 13.1. The average Bonchev–Trinajstić information content (AvgIpc) is 2.55. The van der Waals surface area contributed by atoms with Gasteiger partial charge in [0, 0.05) is 5.02 Å². The van der Waals surface area contributed by atoms with E-state index in [0.29, 0.717) is 10.8 Å². The number of halogens is 1. The van der Waals surface area contributed by atoms with Gasteiger partial charge in [-0.2, -0.15) is 4.72 Å². The fraction of sp³-hybridized carbons (Fsp3) is 0.235. The zero-order valence-electron chi connectivity index (χ0n) is 14.0. The summed E-state index contributed by atoms with van der Waals surface area (Å²) >= 11 is 5.72. The molecule has 0 spiro atoms. The number of hydrogen-bond donors (Lipinski definition) is 2. The van der Waals surface area contributed by atoms with Crippen LogP contribution >= 0.6 is 11.6 Å². The first kappa shape index (κ1) is 21.0. The van der Waals surface area contributed by atoms with Crippen molar-refractivity contribution in [2.24, 2.45) is 5.73 Å². The van der Waals surface area contributed by atoms with Gasteiger partial charge in [-0.25, -0.2) is 8.42 Å². The maximum atomic E-state index is 11.4. The Bertz CT molecular complexity index is 740. The molecule has 0 saturated heterocycles. The Morgan fingerprint density at radius 1 is 1.12 bits per heavy atom. The molecule has 25 heavy (non-hydrogen) atoms. The molecule has 2 rings (SSSR count). The van der Waals surface area contributed by atoms with Gasteiger partial charge in [0.25, 0.3) is 0 Å². The standard InChI is InChI=1S/C11H15ClN2O4S.C6H6/c1-11(10(13)15,14-19(2,16)17)7-18-9-5-3-8(12)4-6-9;1-2-4-6-5-3-1/h3-6,14H,7H2,1-2H3,(H2,13,15);1-6H. The van der Waals surface area contributed by atoms with E-state index in [1.807, 2.05) is 36.4 Å². The van der Waals surface area contributed by atoms with E-state index < -0.39 is 21.5 Å². The van der Waals surface area contributed by atoms with Gasteiger partial charge in [0.05, 0.1) is 6.26 Å². The van der Waals surface area contributed by atoms with Gasteiger partial charge in [0.15, 0.2) is 0 Å². The Balaban J connectivity index is 0.000000435. The molecule has 2 aromatic rings. The first-order chi connectivity index (χ1) is 11.6. The van der Waals surface area contributed by atoms with Gasteiger partial charge in [-0.05, 0) is 31.2 Å². The van der Waals surface area contributed by atoms with Crippen LogP contribution in [0.4, 0.5) is 0 Å². The third-order valence-electron chi connectivity index (χ3n) is 2.96. The van der Waals surface area contributed by atoms with E-state index in [1.165, 1.54) is 6.92 Å². The number of hydrogen-bond acceptors (Lipinski definition) is 4. The minimum absolute atomic E-state index is 0.225. The van der Waals surface area contributed by atoms with Crippen LogP contribution in [0.5, 0.6) is 5.75 Å². The van der Waals surface area contributed by atoms with Crippen molar-refractivity contribution < 1.29 is 17.9 Å². The minimum Gasteiger partial charge on any atom is -0.491 e. The van der Waals surface area contributed by atoms with Crippen molar-refractivity contribution in [3.8, 4) is 5.75 Å². The molecule has 136 valence electrons. The lowest BCUT2D eigenvalue weighted by Gasteiger charge is -2.26. The molecule has 0 aliphatic heterocycles. The molecule has 0 fully saturated rings. The van der Waals surface area contributed by atoms with Gasteiger partial charge in [0.2, 0.25) is 15.9 Å². The Hall–Kier alpha value is -2.09. The number of sulfonamides is 1. The summed E-state index contributed by atoms with van der Waals surface area (Å²) in [5.74, 6) is -0.376. The van der Waals surface area contributed by atoms with Crippen LogP contribution in [-0.2, 0) is 14.8 Å². The predicted octanol–water partition coefficient (Wildman–Crippen LogP) is 2.20. The van der Waals surface area contributed by atoms with Crippen molar-refractivity contribution in [2.45, 2.75) is 12.5 Å². The fourth-order valence-electron chi connectivity index (χ4n) is 1.70. The second-order valence-corrected chi connectivity index (χ2v) is 7.65.